The average Bonchev–Trinajstić information content (AvgIpc) is 1.79. The zero-order valence-electron chi connectivity index (χ0n) is 6.71. The maximum absolute atomic E-state index is 12.7. The minimum Gasteiger partial charge on any atom is -0.300 e. The van der Waals surface area contributed by atoms with Crippen LogP contribution in [-0.4, -0.2) is 24.3 Å². The Bertz CT molecular complexity index is 199. The van der Waals surface area contributed by atoms with Crippen LogP contribution in [0.25, 0.3) is 0 Å². The van der Waals surface area contributed by atoms with E-state index in [4.69, 9.17) is 0 Å². The quantitative estimate of drug-likeness (QED) is 0.522. The van der Waals surface area contributed by atoms with Crippen LogP contribution < -0.4 is 0 Å². The number of alkyl halides is 7. The first kappa shape index (κ1) is 13.2. The molecular formula is C6H5F7O. The molecule has 0 aliphatic heterocycles. The van der Waals surface area contributed by atoms with Crippen molar-refractivity contribution in [1.29, 1.82) is 0 Å². The van der Waals surface area contributed by atoms with Crippen LogP contribution in [0, 0.1) is 5.92 Å². The van der Waals surface area contributed by atoms with Gasteiger partial charge in [-0.15, -0.1) is 0 Å². The van der Waals surface area contributed by atoms with Crippen LogP contribution >= 0.6 is 0 Å². The predicted octanol–water partition coefficient (Wildman–Crippen LogP) is 2.65. The Morgan fingerprint density at radius 2 is 1.21 bits per heavy atom. The van der Waals surface area contributed by atoms with E-state index in [1.165, 1.54) is 0 Å². The van der Waals surface area contributed by atoms with Crippen LogP contribution in [0.15, 0.2) is 0 Å². The number of hydrogen-bond acceptors (Lipinski definition) is 1. The first-order valence-corrected chi connectivity index (χ1v) is 3.21. The second-order valence-electron chi connectivity index (χ2n) is 2.79. The van der Waals surface area contributed by atoms with Gasteiger partial charge in [-0.2, -0.15) is 26.3 Å². The Morgan fingerprint density at radius 1 is 0.929 bits per heavy atom. The molecule has 0 amide bonds. The first-order valence-electron chi connectivity index (χ1n) is 3.21. The third kappa shape index (κ3) is 2.85. The molecule has 0 aliphatic carbocycles. The third-order valence-corrected chi connectivity index (χ3v) is 1.45. The molecule has 0 bridgehead atoms. The molecule has 84 valence electrons. The molecule has 0 rings (SSSR count). The van der Waals surface area contributed by atoms with Gasteiger partial charge in [0.25, 0.3) is 0 Å². The van der Waals surface area contributed by atoms with Gasteiger partial charge in [-0.25, -0.2) is 4.39 Å². The fraction of sp³-hybridized carbons (Fsp3) is 0.833. The van der Waals surface area contributed by atoms with Gasteiger partial charge in [0, 0.05) is 0 Å². The topological polar surface area (TPSA) is 17.1 Å². The largest absolute Gasteiger partial charge is 0.404 e. The molecule has 1 atom stereocenters. The highest BCUT2D eigenvalue weighted by Crippen LogP contribution is 2.46. The number of carbonyl (C=O) groups excluding carboxylic acids is 1. The number of carbonyl (C=O) groups is 1. The SMILES string of the molecule is CC(F)(C=O)C(C(F)(F)F)C(F)(F)F. The van der Waals surface area contributed by atoms with Crippen LogP contribution in [0.5, 0.6) is 0 Å². The summed E-state index contributed by atoms with van der Waals surface area (Å²) in [6.07, 6.45) is -12.7. The van der Waals surface area contributed by atoms with Crippen LogP contribution in [0.3, 0.4) is 0 Å². The van der Waals surface area contributed by atoms with E-state index >= 15 is 0 Å². The van der Waals surface area contributed by atoms with Gasteiger partial charge in [-0.1, -0.05) is 0 Å². The number of rotatable bonds is 2. The number of aldehydes is 1. The van der Waals surface area contributed by atoms with Crippen molar-refractivity contribution in [3.8, 4) is 0 Å². The molecule has 0 saturated heterocycles. The summed E-state index contributed by atoms with van der Waals surface area (Å²) in [5, 5.41) is 0. The smallest absolute Gasteiger partial charge is 0.300 e. The van der Waals surface area contributed by atoms with Gasteiger partial charge in [0.2, 0.25) is 0 Å². The number of hydrogen-bond donors (Lipinski definition) is 0. The molecular weight excluding hydrogens is 221 g/mol. The molecule has 1 nitrogen and oxygen atoms in total. The second kappa shape index (κ2) is 3.39. The summed E-state index contributed by atoms with van der Waals surface area (Å²) < 4.78 is 83.3. The second-order valence-corrected chi connectivity index (χ2v) is 2.79. The lowest BCUT2D eigenvalue weighted by molar-refractivity contribution is -0.308. The van der Waals surface area contributed by atoms with Crippen molar-refractivity contribution in [3.63, 3.8) is 0 Å². The molecule has 0 saturated carbocycles. The van der Waals surface area contributed by atoms with E-state index in [9.17, 15) is 35.5 Å². The third-order valence-electron chi connectivity index (χ3n) is 1.45. The van der Waals surface area contributed by atoms with Crippen molar-refractivity contribution >= 4 is 6.29 Å². The highest BCUT2D eigenvalue weighted by atomic mass is 19.4. The predicted molar refractivity (Wildman–Crippen MR) is 31.2 cm³/mol. The highest BCUT2D eigenvalue weighted by Gasteiger charge is 2.65. The van der Waals surface area contributed by atoms with E-state index in [0.29, 0.717) is 0 Å². The highest BCUT2D eigenvalue weighted by molar-refractivity contribution is 5.62. The molecule has 0 spiro atoms. The van der Waals surface area contributed by atoms with E-state index in [-0.39, 0.29) is 6.92 Å². The van der Waals surface area contributed by atoms with E-state index in [0.717, 1.165) is 0 Å². The monoisotopic (exact) mass is 226 g/mol. The van der Waals surface area contributed by atoms with Crippen molar-refractivity contribution in [2.24, 2.45) is 5.92 Å². The van der Waals surface area contributed by atoms with E-state index in [2.05, 4.69) is 0 Å². The van der Waals surface area contributed by atoms with Crippen LogP contribution in [0.4, 0.5) is 30.7 Å². The van der Waals surface area contributed by atoms with Gasteiger partial charge in [0.05, 0.1) is 0 Å². The van der Waals surface area contributed by atoms with Crippen LogP contribution in [0.1, 0.15) is 6.92 Å². The van der Waals surface area contributed by atoms with Gasteiger partial charge < -0.3 is 0 Å². The van der Waals surface area contributed by atoms with Gasteiger partial charge >= 0.3 is 12.4 Å². The molecule has 0 aromatic carbocycles. The summed E-state index contributed by atoms with van der Waals surface area (Å²) in [5.41, 5.74) is -4.00. The lowest BCUT2D eigenvalue weighted by atomic mass is 9.91. The minimum atomic E-state index is -5.84. The molecule has 0 aliphatic rings. The maximum Gasteiger partial charge on any atom is 0.404 e. The van der Waals surface area contributed by atoms with Gasteiger partial charge in [-0.05, 0) is 6.92 Å². The minimum absolute atomic E-state index is 0.0638. The Kier molecular flexibility index (Phi) is 3.19. The lowest BCUT2D eigenvalue weighted by Crippen LogP contribution is -2.50. The molecule has 1 unspecified atom stereocenters. The summed E-state index contributed by atoms with van der Waals surface area (Å²) in [6.45, 7) is -0.0638. The Balaban J connectivity index is 5.24. The van der Waals surface area contributed by atoms with Gasteiger partial charge in [0.15, 0.2) is 17.9 Å². The van der Waals surface area contributed by atoms with Crippen LogP contribution in [0.2, 0.25) is 0 Å². The first-order chi connectivity index (χ1) is 5.93. The fourth-order valence-electron chi connectivity index (χ4n) is 0.894. The molecule has 8 heteroatoms. The molecule has 0 heterocycles. The summed E-state index contributed by atoms with van der Waals surface area (Å²) >= 11 is 0. The van der Waals surface area contributed by atoms with Gasteiger partial charge in [-0.3, -0.25) is 4.79 Å². The van der Waals surface area contributed by atoms with Gasteiger partial charge in [0.1, 0.15) is 0 Å². The summed E-state index contributed by atoms with van der Waals surface area (Å²) in [6, 6.07) is 0. The van der Waals surface area contributed by atoms with E-state index in [1.807, 2.05) is 0 Å². The zero-order valence-corrected chi connectivity index (χ0v) is 6.71. The Labute approximate surface area is 73.9 Å². The van der Waals surface area contributed by atoms with E-state index < -0.39 is 30.2 Å². The summed E-state index contributed by atoms with van der Waals surface area (Å²) in [4.78, 5) is 9.79. The lowest BCUT2D eigenvalue weighted by Gasteiger charge is -2.29. The Hall–Kier alpha value is -0.820. The molecule has 14 heavy (non-hydrogen) atoms. The van der Waals surface area contributed by atoms with Crippen molar-refractivity contribution < 1.29 is 35.5 Å². The zero-order chi connectivity index (χ0) is 11.8. The number of halogens is 7. The van der Waals surface area contributed by atoms with Crippen molar-refractivity contribution in [2.45, 2.75) is 24.9 Å². The standard InChI is InChI=1S/C6H5F7O/c1-4(7,2-14)3(5(8,9)10)6(11,12)13/h2-3H,1H3. The average molecular weight is 226 g/mol. The molecule has 0 N–H and O–H groups in total. The Morgan fingerprint density at radius 3 is 1.29 bits per heavy atom. The molecule has 0 aromatic rings. The van der Waals surface area contributed by atoms with Crippen LogP contribution in [-0.2, 0) is 4.79 Å². The maximum atomic E-state index is 12.7. The molecule has 0 radical (unpaired) electrons. The van der Waals surface area contributed by atoms with E-state index in [1.54, 1.807) is 0 Å². The normalized spacial score (nSPS) is 18.1. The van der Waals surface area contributed by atoms with Crippen molar-refractivity contribution in [1.82, 2.24) is 0 Å². The summed E-state index contributed by atoms with van der Waals surface area (Å²) in [7, 11) is 0. The summed E-state index contributed by atoms with van der Waals surface area (Å²) in [5.74, 6) is -4.29. The van der Waals surface area contributed by atoms with Crippen molar-refractivity contribution in [3.05, 3.63) is 0 Å². The van der Waals surface area contributed by atoms with Crippen molar-refractivity contribution in [2.75, 3.05) is 0 Å². The molecule has 0 aromatic heterocycles. The molecule has 0 fully saturated rings. The fourth-order valence-corrected chi connectivity index (χ4v) is 0.894.